The van der Waals surface area contributed by atoms with Crippen LogP contribution in [0.3, 0.4) is 0 Å². The fraction of sp³-hybridized carbons (Fsp3) is 0.417. The second-order valence-corrected chi connectivity index (χ2v) is 8.93. The lowest BCUT2D eigenvalue weighted by molar-refractivity contribution is -0.0124. The average molecular weight is 463 g/mol. The van der Waals surface area contributed by atoms with Crippen LogP contribution >= 0.6 is 0 Å². The molecule has 4 heterocycles. The van der Waals surface area contributed by atoms with Gasteiger partial charge in [-0.25, -0.2) is 9.97 Å². The van der Waals surface area contributed by atoms with Crippen molar-refractivity contribution in [3.8, 4) is 17.6 Å². The predicted molar refractivity (Wildman–Crippen MR) is 124 cm³/mol. The number of carbonyl (C=O) groups is 1. The predicted octanol–water partition coefficient (Wildman–Crippen LogP) is 3.37. The normalized spacial score (nSPS) is 18.9. The molecule has 1 aliphatic carbocycles. The molecule has 5 rings (SSSR count). The van der Waals surface area contributed by atoms with E-state index in [1.165, 1.54) is 13.3 Å². The summed E-state index contributed by atoms with van der Waals surface area (Å²) in [5.41, 5.74) is 1.22. The summed E-state index contributed by atoms with van der Waals surface area (Å²) in [4.78, 5) is 26.8. The maximum Gasteiger partial charge on any atom is 0.255 e. The largest absolute Gasteiger partial charge is 0.493 e. The van der Waals surface area contributed by atoms with Crippen LogP contribution in [-0.4, -0.2) is 64.3 Å². The number of morpholine rings is 1. The average Bonchev–Trinajstić information content (AvgIpc) is 3.40. The molecule has 1 atom stereocenters. The Kier molecular flexibility index (Phi) is 5.49. The van der Waals surface area contributed by atoms with E-state index >= 15 is 0 Å². The highest BCUT2D eigenvalue weighted by Crippen LogP contribution is 2.43. The van der Waals surface area contributed by atoms with Crippen molar-refractivity contribution in [1.82, 2.24) is 19.9 Å². The first-order chi connectivity index (χ1) is 16.4. The molecule has 0 bridgehead atoms. The van der Waals surface area contributed by atoms with Crippen LogP contribution in [0.2, 0.25) is 0 Å². The van der Waals surface area contributed by atoms with Gasteiger partial charge in [-0.15, -0.1) is 0 Å². The third-order valence-electron chi connectivity index (χ3n) is 6.13. The summed E-state index contributed by atoms with van der Waals surface area (Å²) in [5.74, 6) is 1.77. The van der Waals surface area contributed by atoms with Gasteiger partial charge in [-0.05, 0) is 32.8 Å². The summed E-state index contributed by atoms with van der Waals surface area (Å²) >= 11 is 0. The van der Waals surface area contributed by atoms with Crippen LogP contribution in [0.5, 0.6) is 11.5 Å². The number of pyridine rings is 2. The molecule has 0 aromatic carbocycles. The van der Waals surface area contributed by atoms with E-state index in [2.05, 4.69) is 26.3 Å². The second kappa shape index (κ2) is 8.50. The lowest BCUT2D eigenvalue weighted by Gasteiger charge is -2.31. The Morgan fingerprint density at radius 3 is 2.91 bits per heavy atom. The van der Waals surface area contributed by atoms with Crippen molar-refractivity contribution in [2.75, 3.05) is 32.1 Å². The van der Waals surface area contributed by atoms with Gasteiger partial charge in [0.05, 0.1) is 36.3 Å². The molecule has 0 radical (unpaired) electrons. The molecule has 0 unspecified atom stereocenters. The summed E-state index contributed by atoms with van der Waals surface area (Å²) in [6.07, 6.45) is 5.06. The van der Waals surface area contributed by atoms with Crippen LogP contribution in [0.25, 0.3) is 11.0 Å². The van der Waals surface area contributed by atoms with Gasteiger partial charge in [0.1, 0.15) is 28.9 Å². The smallest absolute Gasteiger partial charge is 0.255 e. The third kappa shape index (κ3) is 4.22. The molecule has 10 nitrogen and oxygen atoms in total. The van der Waals surface area contributed by atoms with Gasteiger partial charge < -0.3 is 29.4 Å². The van der Waals surface area contributed by atoms with Crippen LogP contribution in [0, 0.1) is 11.3 Å². The minimum atomic E-state index is -0.232. The van der Waals surface area contributed by atoms with Gasteiger partial charge in [0.25, 0.3) is 5.91 Å². The molecular weight excluding hydrogens is 436 g/mol. The summed E-state index contributed by atoms with van der Waals surface area (Å²) in [6, 6.07) is 5.61. The third-order valence-corrected chi connectivity index (χ3v) is 6.13. The number of H-pyrrole nitrogens is 1. The Morgan fingerprint density at radius 1 is 1.38 bits per heavy atom. The summed E-state index contributed by atoms with van der Waals surface area (Å²) < 4.78 is 17.3. The highest BCUT2D eigenvalue weighted by atomic mass is 16.5. The van der Waals surface area contributed by atoms with Crippen LogP contribution in [0.15, 0.2) is 24.5 Å². The van der Waals surface area contributed by atoms with Gasteiger partial charge in [0, 0.05) is 31.5 Å². The molecule has 3 aromatic heterocycles. The zero-order valence-electron chi connectivity index (χ0n) is 19.3. The number of hydrogen-bond acceptors (Lipinski definition) is 8. The Hall–Kier alpha value is -3.84. The molecule has 176 valence electrons. The standard InChI is InChI=1S/C24H26N6O4/c1-14-13-30(6-7-33-14)23(31)15-8-18(32-3)21(26-11-15)28-19-9-17(34-24(2)4-5-24)20-16(10-25)12-27-22(20)29-19/h8-9,11-12,14H,4-7,13H2,1-3H3,(H2,26,27,28,29)/t14-/m1/s1. The van der Waals surface area contributed by atoms with Crippen molar-refractivity contribution in [2.45, 2.75) is 38.4 Å². The Morgan fingerprint density at radius 2 is 2.21 bits per heavy atom. The molecule has 1 amide bonds. The number of amides is 1. The van der Waals surface area contributed by atoms with Crippen molar-refractivity contribution in [3.63, 3.8) is 0 Å². The number of fused-ring (bicyclic) bond motifs is 1. The molecule has 2 aliphatic rings. The summed E-state index contributed by atoms with van der Waals surface area (Å²) in [6.45, 7) is 5.58. The van der Waals surface area contributed by atoms with Gasteiger partial charge >= 0.3 is 0 Å². The molecule has 10 heteroatoms. The lowest BCUT2D eigenvalue weighted by Crippen LogP contribution is -2.44. The molecule has 1 saturated heterocycles. The van der Waals surface area contributed by atoms with Gasteiger partial charge in [0.2, 0.25) is 0 Å². The summed E-state index contributed by atoms with van der Waals surface area (Å²) in [7, 11) is 1.52. The van der Waals surface area contributed by atoms with E-state index in [9.17, 15) is 10.1 Å². The number of nitrogens with one attached hydrogen (secondary N) is 2. The van der Waals surface area contributed by atoms with Crippen molar-refractivity contribution in [2.24, 2.45) is 0 Å². The van der Waals surface area contributed by atoms with Crippen LogP contribution < -0.4 is 14.8 Å². The number of ether oxygens (including phenoxy) is 3. The molecule has 34 heavy (non-hydrogen) atoms. The van der Waals surface area contributed by atoms with Crippen molar-refractivity contribution in [1.29, 1.82) is 5.26 Å². The maximum absolute atomic E-state index is 12.9. The van der Waals surface area contributed by atoms with Crippen LogP contribution in [0.4, 0.5) is 11.6 Å². The van der Waals surface area contributed by atoms with E-state index in [-0.39, 0.29) is 17.6 Å². The second-order valence-electron chi connectivity index (χ2n) is 8.93. The van der Waals surface area contributed by atoms with E-state index in [1.807, 2.05) is 13.8 Å². The number of methoxy groups -OCH3 is 1. The molecule has 0 spiro atoms. The topological polar surface area (TPSA) is 125 Å². The fourth-order valence-electron chi connectivity index (χ4n) is 3.99. The molecule has 1 saturated carbocycles. The highest BCUT2D eigenvalue weighted by molar-refractivity contribution is 5.95. The zero-order chi connectivity index (χ0) is 23.9. The molecule has 3 aromatic rings. The van der Waals surface area contributed by atoms with Gasteiger partial charge in [0.15, 0.2) is 11.6 Å². The van der Waals surface area contributed by atoms with Gasteiger partial charge in [-0.1, -0.05) is 0 Å². The van der Waals surface area contributed by atoms with Gasteiger partial charge in [-0.3, -0.25) is 4.79 Å². The molecule has 2 fully saturated rings. The molecule has 2 N–H and O–H groups in total. The van der Waals surface area contributed by atoms with Crippen molar-refractivity contribution < 1.29 is 19.0 Å². The Balaban J connectivity index is 1.44. The van der Waals surface area contributed by atoms with E-state index in [4.69, 9.17) is 14.2 Å². The van der Waals surface area contributed by atoms with E-state index < -0.39 is 0 Å². The van der Waals surface area contributed by atoms with Crippen molar-refractivity contribution >= 4 is 28.6 Å². The monoisotopic (exact) mass is 462 g/mol. The number of nitrogens with zero attached hydrogens (tertiary/aromatic N) is 4. The minimum absolute atomic E-state index is 0.00154. The first-order valence-electron chi connectivity index (χ1n) is 11.2. The first-order valence-corrected chi connectivity index (χ1v) is 11.2. The van der Waals surface area contributed by atoms with E-state index in [0.29, 0.717) is 65.0 Å². The molecular formula is C24H26N6O4. The molecule has 1 aliphatic heterocycles. The summed E-state index contributed by atoms with van der Waals surface area (Å²) in [5, 5.41) is 13.3. The van der Waals surface area contributed by atoms with Crippen molar-refractivity contribution in [3.05, 3.63) is 35.7 Å². The number of nitriles is 1. The fourth-order valence-corrected chi connectivity index (χ4v) is 3.99. The number of aromatic nitrogens is 3. The van der Waals surface area contributed by atoms with E-state index in [1.54, 1.807) is 23.2 Å². The number of rotatable bonds is 6. The van der Waals surface area contributed by atoms with Crippen LogP contribution in [-0.2, 0) is 4.74 Å². The Labute approximate surface area is 196 Å². The number of aromatic amines is 1. The van der Waals surface area contributed by atoms with Crippen LogP contribution in [0.1, 0.15) is 42.6 Å². The zero-order valence-corrected chi connectivity index (χ0v) is 19.3. The SMILES string of the molecule is COc1cc(C(=O)N2CCO[C@H](C)C2)cnc1Nc1cc(OC2(C)CC2)c2c(C#N)c[nH]c2n1. The quantitative estimate of drug-likeness (QED) is 0.571. The van der Waals surface area contributed by atoms with E-state index in [0.717, 1.165) is 12.8 Å². The lowest BCUT2D eigenvalue weighted by atomic mass is 10.2. The Bertz CT molecular complexity index is 1290. The first kappa shape index (κ1) is 22.0. The maximum atomic E-state index is 12.9. The number of hydrogen-bond donors (Lipinski definition) is 2. The number of carbonyl (C=O) groups excluding carboxylic acids is 1. The van der Waals surface area contributed by atoms with Gasteiger partial charge in [-0.2, -0.15) is 5.26 Å². The number of anilines is 2. The highest BCUT2D eigenvalue weighted by Gasteiger charge is 2.40. The minimum Gasteiger partial charge on any atom is -0.493 e.